The van der Waals surface area contributed by atoms with Crippen LogP contribution in [0.5, 0.6) is 0 Å². The summed E-state index contributed by atoms with van der Waals surface area (Å²) in [5, 5.41) is 1.15. The molecule has 3 heteroatoms. The van der Waals surface area contributed by atoms with E-state index in [1.165, 1.54) is 0 Å². The molecule has 1 aliphatic heterocycles. The lowest BCUT2D eigenvalue weighted by Gasteiger charge is -2.01. The second-order valence-electron chi connectivity index (χ2n) is 3.85. The lowest BCUT2D eigenvalue weighted by Crippen LogP contribution is -1.83. The van der Waals surface area contributed by atoms with Gasteiger partial charge in [-0.1, -0.05) is 30.9 Å². The minimum Gasteiger partial charge on any atom is -0.348 e. The van der Waals surface area contributed by atoms with Crippen molar-refractivity contribution in [2.45, 2.75) is 5.03 Å². The molecule has 2 aromatic heterocycles. The maximum absolute atomic E-state index is 4.45. The molecule has 0 bridgehead atoms. The molecule has 3 heterocycles. The van der Waals surface area contributed by atoms with E-state index in [1.807, 2.05) is 24.4 Å². The molecular weight excluding hydrogens is 228 g/mol. The highest BCUT2D eigenvalue weighted by molar-refractivity contribution is 7.99. The van der Waals surface area contributed by atoms with Crippen molar-refractivity contribution in [2.24, 2.45) is 0 Å². The summed E-state index contributed by atoms with van der Waals surface area (Å²) in [5.74, 6) is 0.956. The molecule has 0 fully saturated rings. The van der Waals surface area contributed by atoms with Gasteiger partial charge >= 0.3 is 0 Å². The average Bonchev–Trinajstić information content (AvgIpc) is 2.73. The smallest absolute Gasteiger partial charge is 0.0968 e. The molecule has 1 N–H and O–H groups in total. The van der Waals surface area contributed by atoms with Crippen molar-refractivity contribution in [1.82, 2.24) is 9.97 Å². The zero-order chi connectivity index (χ0) is 11.7. The Hall–Kier alpha value is -1.74. The summed E-state index contributed by atoms with van der Waals surface area (Å²) in [6.07, 6.45) is 10.1. The van der Waals surface area contributed by atoms with Crippen LogP contribution in [0.3, 0.4) is 0 Å². The van der Waals surface area contributed by atoms with Gasteiger partial charge in [-0.3, -0.25) is 4.98 Å². The number of nitrogens with one attached hydrogen (secondary N) is 1. The summed E-state index contributed by atoms with van der Waals surface area (Å²) in [5.41, 5.74) is 4.21. The molecule has 0 amide bonds. The van der Waals surface area contributed by atoms with Crippen LogP contribution in [-0.4, -0.2) is 15.7 Å². The van der Waals surface area contributed by atoms with Gasteiger partial charge in [0.25, 0.3) is 0 Å². The average molecular weight is 240 g/mol. The zero-order valence-electron chi connectivity index (χ0n) is 9.31. The molecule has 84 valence electrons. The predicted octanol–water partition coefficient (Wildman–Crippen LogP) is 3.79. The number of hydrogen-bond donors (Lipinski definition) is 1. The molecule has 3 rings (SSSR count). The molecule has 1 aliphatic rings. The molecule has 2 aromatic rings. The third-order valence-electron chi connectivity index (χ3n) is 2.71. The minimum absolute atomic E-state index is 0.956. The lowest BCUT2D eigenvalue weighted by molar-refractivity contribution is 1.22. The van der Waals surface area contributed by atoms with Crippen LogP contribution in [0.15, 0.2) is 54.2 Å². The molecule has 0 atom stereocenters. The molecule has 0 unspecified atom stereocenters. The first-order valence-corrected chi connectivity index (χ1v) is 6.47. The number of H-pyrrole nitrogens is 1. The van der Waals surface area contributed by atoms with Crippen LogP contribution in [0.2, 0.25) is 0 Å². The van der Waals surface area contributed by atoms with Crippen molar-refractivity contribution >= 4 is 28.4 Å². The van der Waals surface area contributed by atoms with Crippen LogP contribution in [-0.2, 0) is 0 Å². The quantitative estimate of drug-likeness (QED) is 0.759. The third-order valence-corrected chi connectivity index (χ3v) is 3.66. The van der Waals surface area contributed by atoms with Gasteiger partial charge < -0.3 is 4.98 Å². The largest absolute Gasteiger partial charge is 0.348 e. The maximum Gasteiger partial charge on any atom is 0.0968 e. The standard InChI is InChI=1S/C14H12N2S/c1-10-6-3-2-4-9-17-14-12(10)13-11(16-14)7-5-8-15-13/h2-8,16H,1,9H2/b4-2-,6-3-. The Bertz CT molecular complexity index is 635. The second-order valence-corrected chi connectivity index (χ2v) is 4.88. The van der Waals surface area contributed by atoms with Gasteiger partial charge in [0.2, 0.25) is 0 Å². The number of aromatic nitrogens is 2. The van der Waals surface area contributed by atoms with E-state index in [0.717, 1.165) is 32.9 Å². The molecule has 0 aliphatic carbocycles. The van der Waals surface area contributed by atoms with Crippen LogP contribution >= 0.6 is 11.8 Å². The normalized spacial score (nSPS) is 19.2. The van der Waals surface area contributed by atoms with E-state index < -0.39 is 0 Å². The fourth-order valence-corrected chi connectivity index (χ4v) is 2.85. The summed E-state index contributed by atoms with van der Waals surface area (Å²) in [7, 11) is 0. The highest BCUT2D eigenvalue weighted by Gasteiger charge is 2.14. The number of hydrogen-bond acceptors (Lipinski definition) is 2. The number of aromatic amines is 1. The van der Waals surface area contributed by atoms with Gasteiger partial charge in [0.1, 0.15) is 0 Å². The number of fused-ring (bicyclic) bond motifs is 3. The van der Waals surface area contributed by atoms with E-state index in [9.17, 15) is 0 Å². The molecule has 2 nitrogen and oxygen atoms in total. The predicted molar refractivity (Wildman–Crippen MR) is 74.1 cm³/mol. The van der Waals surface area contributed by atoms with Crippen LogP contribution in [0.25, 0.3) is 16.6 Å². The van der Waals surface area contributed by atoms with E-state index in [2.05, 4.69) is 34.8 Å². The summed E-state index contributed by atoms with van der Waals surface area (Å²) < 4.78 is 0. The molecular formula is C14H12N2S. The Labute approximate surface area is 104 Å². The highest BCUT2D eigenvalue weighted by Crippen LogP contribution is 2.34. The fraction of sp³-hybridized carbons (Fsp3) is 0.0714. The Morgan fingerprint density at radius 1 is 1.35 bits per heavy atom. The molecule has 0 spiro atoms. The van der Waals surface area contributed by atoms with Crippen LogP contribution < -0.4 is 0 Å². The molecule has 0 radical (unpaired) electrons. The van der Waals surface area contributed by atoms with Gasteiger partial charge in [0, 0.05) is 17.5 Å². The monoisotopic (exact) mass is 240 g/mol. The fourth-order valence-electron chi connectivity index (χ4n) is 1.92. The van der Waals surface area contributed by atoms with E-state index in [1.54, 1.807) is 11.8 Å². The highest BCUT2D eigenvalue weighted by atomic mass is 32.2. The van der Waals surface area contributed by atoms with Crippen molar-refractivity contribution in [3.05, 3.63) is 54.8 Å². The van der Waals surface area contributed by atoms with Crippen molar-refractivity contribution < 1.29 is 0 Å². The van der Waals surface area contributed by atoms with Crippen molar-refractivity contribution in [3.63, 3.8) is 0 Å². The van der Waals surface area contributed by atoms with Crippen LogP contribution in [0, 0.1) is 0 Å². The SMILES string of the molecule is C=C1/C=C\C=C/CSc2[nH]c3cccnc3c21. The Morgan fingerprint density at radius 3 is 3.24 bits per heavy atom. The van der Waals surface area contributed by atoms with Gasteiger partial charge in [-0.05, 0) is 17.7 Å². The van der Waals surface area contributed by atoms with Gasteiger partial charge in [-0.25, -0.2) is 0 Å². The Kier molecular flexibility index (Phi) is 2.61. The van der Waals surface area contributed by atoms with E-state index in [0.29, 0.717) is 0 Å². The molecule has 0 aromatic carbocycles. The van der Waals surface area contributed by atoms with Gasteiger partial charge in [0.15, 0.2) is 0 Å². The zero-order valence-corrected chi connectivity index (χ0v) is 10.1. The van der Waals surface area contributed by atoms with E-state index >= 15 is 0 Å². The maximum atomic E-state index is 4.45. The van der Waals surface area contributed by atoms with Crippen molar-refractivity contribution in [2.75, 3.05) is 5.75 Å². The summed E-state index contributed by atoms with van der Waals surface area (Å²) in [4.78, 5) is 7.86. The van der Waals surface area contributed by atoms with Gasteiger partial charge in [-0.2, -0.15) is 0 Å². The van der Waals surface area contributed by atoms with Crippen LogP contribution in [0.4, 0.5) is 0 Å². The number of nitrogens with zero attached hydrogens (tertiary/aromatic N) is 1. The van der Waals surface area contributed by atoms with Crippen molar-refractivity contribution in [1.29, 1.82) is 0 Å². The minimum atomic E-state index is 0.956. The molecule has 17 heavy (non-hydrogen) atoms. The van der Waals surface area contributed by atoms with E-state index in [-0.39, 0.29) is 0 Å². The van der Waals surface area contributed by atoms with Crippen LogP contribution in [0.1, 0.15) is 5.56 Å². The Balaban J connectivity index is 2.26. The molecule has 0 saturated heterocycles. The number of allylic oxidation sites excluding steroid dienone is 4. The van der Waals surface area contributed by atoms with E-state index in [4.69, 9.17) is 0 Å². The van der Waals surface area contributed by atoms with Gasteiger partial charge in [-0.15, -0.1) is 11.8 Å². The molecule has 0 saturated carbocycles. The first kappa shape index (κ1) is 10.4. The van der Waals surface area contributed by atoms with Gasteiger partial charge in [0.05, 0.1) is 16.1 Å². The topological polar surface area (TPSA) is 28.7 Å². The summed E-state index contributed by atoms with van der Waals surface area (Å²) >= 11 is 1.78. The number of rotatable bonds is 0. The first-order chi connectivity index (χ1) is 8.36. The first-order valence-electron chi connectivity index (χ1n) is 5.48. The number of thioether (sulfide) groups is 1. The summed E-state index contributed by atoms with van der Waals surface area (Å²) in [6, 6.07) is 4.00. The van der Waals surface area contributed by atoms with Crippen molar-refractivity contribution in [3.8, 4) is 0 Å². The number of pyridine rings is 1. The second kappa shape index (κ2) is 4.26. The third kappa shape index (κ3) is 1.83. The lowest BCUT2D eigenvalue weighted by atomic mass is 10.1. The Morgan fingerprint density at radius 2 is 2.29 bits per heavy atom. The summed E-state index contributed by atoms with van der Waals surface area (Å²) in [6.45, 7) is 4.13.